The van der Waals surface area contributed by atoms with Crippen molar-refractivity contribution in [3.63, 3.8) is 0 Å². The van der Waals surface area contributed by atoms with E-state index in [0.29, 0.717) is 0 Å². The molecule has 0 unspecified atom stereocenters. The van der Waals surface area contributed by atoms with Crippen LogP contribution in [0.2, 0.25) is 0 Å². The van der Waals surface area contributed by atoms with Crippen LogP contribution in [0, 0.1) is 0 Å². The summed E-state index contributed by atoms with van der Waals surface area (Å²) in [6, 6.07) is 10.2. The number of methoxy groups -OCH3 is 1. The van der Waals surface area contributed by atoms with Gasteiger partial charge in [-0.1, -0.05) is 6.07 Å². The van der Waals surface area contributed by atoms with E-state index in [1.54, 1.807) is 13.3 Å². The van der Waals surface area contributed by atoms with Gasteiger partial charge in [0.1, 0.15) is 5.75 Å². The van der Waals surface area contributed by atoms with Crippen molar-refractivity contribution >= 4 is 11.4 Å². The SMILES string of the molecule is COc1ccnc(-c2ccc(N(C)C)c(N(C)C)c2)c1. The lowest BCUT2D eigenvalue weighted by atomic mass is 10.1. The van der Waals surface area contributed by atoms with Crippen LogP contribution >= 0.6 is 0 Å². The first-order chi connectivity index (χ1) is 9.52. The van der Waals surface area contributed by atoms with Crippen molar-refractivity contribution < 1.29 is 4.74 Å². The molecular weight excluding hydrogens is 250 g/mol. The van der Waals surface area contributed by atoms with Crippen LogP contribution in [0.4, 0.5) is 11.4 Å². The van der Waals surface area contributed by atoms with Gasteiger partial charge in [-0.3, -0.25) is 4.98 Å². The summed E-state index contributed by atoms with van der Waals surface area (Å²) in [4.78, 5) is 8.64. The van der Waals surface area contributed by atoms with Crippen molar-refractivity contribution in [2.45, 2.75) is 0 Å². The molecule has 0 aliphatic carbocycles. The third-order valence-electron chi connectivity index (χ3n) is 3.20. The number of rotatable bonds is 4. The molecule has 0 aliphatic heterocycles. The molecule has 0 bridgehead atoms. The van der Waals surface area contributed by atoms with Crippen LogP contribution in [0.15, 0.2) is 36.5 Å². The summed E-state index contributed by atoms with van der Waals surface area (Å²) in [5.74, 6) is 0.818. The van der Waals surface area contributed by atoms with Crippen molar-refractivity contribution in [2.24, 2.45) is 0 Å². The molecule has 20 heavy (non-hydrogen) atoms. The zero-order valence-electron chi connectivity index (χ0n) is 12.7. The van der Waals surface area contributed by atoms with Gasteiger partial charge >= 0.3 is 0 Å². The van der Waals surface area contributed by atoms with Crippen LogP contribution in [0.5, 0.6) is 5.75 Å². The molecule has 0 saturated heterocycles. The number of hydrogen-bond acceptors (Lipinski definition) is 4. The largest absolute Gasteiger partial charge is 0.497 e. The van der Waals surface area contributed by atoms with E-state index >= 15 is 0 Å². The minimum Gasteiger partial charge on any atom is -0.497 e. The minimum atomic E-state index is 0.818. The van der Waals surface area contributed by atoms with Crippen LogP contribution in [-0.2, 0) is 0 Å². The minimum absolute atomic E-state index is 0.818. The van der Waals surface area contributed by atoms with Crippen LogP contribution in [0.3, 0.4) is 0 Å². The van der Waals surface area contributed by atoms with E-state index in [1.165, 1.54) is 5.69 Å². The maximum Gasteiger partial charge on any atom is 0.122 e. The van der Waals surface area contributed by atoms with Gasteiger partial charge < -0.3 is 14.5 Å². The Hall–Kier alpha value is -2.23. The highest BCUT2D eigenvalue weighted by Gasteiger charge is 2.10. The fraction of sp³-hybridized carbons (Fsp3) is 0.312. The van der Waals surface area contributed by atoms with Crippen molar-refractivity contribution in [1.82, 2.24) is 4.98 Å². The molecule has 0 saturated carbocycles. The second-order valence-electron chi connectivity index (χ2n) is 5.07. The topological polar surface area (TPSA) is 28.6 Å². The lowest BCUT2D eigenvalue weighted by molar-refractivity contribution is 0.414. The van der Waals surface area contributed by atoms with E-state index < -0.39 is 0 Å². The van der Waals surface area contributed by atoms with Gasteiger partial charge in [0.05, 0.1) is 24.2 Å². The Bertz CT molecular complexity index is 594. The smallest absolute Gasteiger partial charge is 0.122 e. The van der Waals surface area contributed by atoms with E-state index in [-0.39, 0.29) is 0 Å². The molecular formula is C16H21N3O. The van der Waals surface area contributed by atoms with Gasteiger partial charge in [-0.15, -0.1) is 0 Å². The standard InChI is InChI=1S/C16H21N3O/c1-18(2)15-7-6-12(10-16(15)19(3)4)14-11-13(20-5)8-9-17-14/h6-11H,1-5H3. The second kappa shape index (κ2) is 5.82. The molecule has 0 spiro atoms. The summed E-state index contributed by atoms with van der Waals surface area (Å²) < 4.78 is 5.26. The van der Waals surface area contributed by atoms with Crippen LogP contribution in [0.1, 0.15) is 0 Å². The number of nitrogens with zero attached hydrogens (tertiary/aromatic N) is 3. The van der Waals surface area contributed by atoms with Crippen molar-refractivity contribution in [1.29, 1.82) is 0 Å². The third-order valence-corrected chi connectivity index (χ3v) is 3.20. The van der Waals surface area contributed by atoms with Gasteiger partial charge in [-0.05, 0) is 18.2 Å². The van der Waals surface area contributed by atoms with Gasteiger partial charge in [-0.25, -0.2) is 0 Å². The van der Waals surface area contributed by atoms with E-state index in [9.17, 15) is 0 Å². The molecule has 4 nitrogen and oxygen atoms in total. The lowest BCUT2D eigenvalue weighted by Crippen LogP contribution is -2.16. The van der Waals surface area contributed by atoms with E-state index in [2.05, 4.69) is 33.0 Å². The predicted molar refractivity (Wildman–Crippen MR) is 84.9 cm³/mol. The molecule has 0 radical (unpaired) electrons. The summed E-state index contributed by atoms with van der Waals surface area (Å²) in [6.07, 6.45) is 1.77. The number of aromatic nitrogens is 1. The molecule has 0 amide bonds. The first-order valence-electron chi connectivity index (χ1n) is 6.52. The first-order valence-corrected chi connectivity index (χ1v) is 6.52. The van der Waals surface area contributed by atoms with Crippen LogP contribution in [0.25, 0.3) is 11.3 Å². The average Bonchev–Trinajstić information content (AvgIpc) is 2.46. The molecule has 1 aromatic heterocycles. The van der Waals surface area contributed by atoms with Gasteiger partial charge in [0.2, 0.25) is 0 Å². The van der Waals surface area contributed by atoms with Crippen molar-refractivity contribution in [3.05, 3.63) is 36.5 Å². The molecule has 2 rings (SSSR count). The van der Waals surface area contributed by atoms with E-state index in [4.69, 9.17) is 4.74 Å². The van der Waals surface area contributed by atoms with Crippen LogP contribution < -0.4 is 14.5 Å². The average molecular weight is 271 g/mol. The number of anilines is 2. The molecule has 0 atom stereocenters. The molecule has 1 aromatic carbocycles. The van der Waals surface area contributed by atoms with Crippen molar-refractivity contribution in [3.8, 4) is 17.0 Å². The first kappa shape index (κ1) is 14.2. The van der Waals surface area contributed by atoms with Crippen molar-refractivity contribution in [2.75, 3.05) is 45.1 Å². The van der Waals surface area contributed by atoms with E-state index in [1.807, 2.05) is 40.3 Å². The molecule has 2 aromatic rings. The predicted octanol–water partition coefficient (Wildman–Crippen LogP) is 2.89. The monoisotopic (exact) mass is 271 g/mol. The maximum atomic E-state index is 5.26. The fourth-order valence-electron chi connectivity index (χ4n) is 2.12. The molecule has 1 heterocycles. The normalized spacial score (nSPS) is 10.2. The number of pyridine rings is 1. The van der Waals surface area contributed by atoms with Gasteiger partial charge in [-0.2, -0.15) is 0 Å². The van der Waals surface area contributed by atoms with E-state index in [0.717, 1.165) is 22.7 Å². The highest BCUT2D eigenvalue weighted by atomic mass is 16.5. The zero-order valence-corrected chi connectivity index (χ0v) is 12.7. The Morgan fingerprint density at radius 1 is 0.900 bits per heavy atom. The highest BCUT2D eigenvalue weighted by Crippen LogP contribution is 2.32. The van der Waals surface area contributed by atoms with Gasteiger partial charge in [0.15, 0.2) is 0 Å². The molecule has 106 valence electrons. The Kier molecular flexibility index (Phi) is 4.13. The number of ether oxygens (including phenoxy) is 1. The highest BCUT2D eigenvalue weighted by molar-refractivity contribution is 5.77. The zero-order chi connectivity index (χ0) is 14.7. The molecule has 0 aliphatic rings. The summed E-state index contributed by atoms with van der Waals surface area (Å²) in [6.45, 7) is 0. The Morgan fingerprint density at radius 3 is 2.20 bits per heavy atom. The Balaban J connectivity index is 2.50. The third kappa shape index (κ3) is 2.85. The fourth-order valence-corrected chi connectivity index (χ4v) is 2.12. The summed E-state index contributed by atoms with van der Waals surface area (Å²) in [7, 11) is 9.85. The Labute approximate surface area is 120 Å². The lowest BCUT2D eigenvalue weighted by Gasteiger charge is -2.23. The Morgan fingerprint density at radius 2 is 1.60 bits per heavy atom. The maximum absolute atomic E-state index is 5.26. The van der Waals surface area contributed by atoms with Gasteiger partial charge in [0.25, 0.3) is 0 Å². The summed E-state index contributed by atoms with van der Waals surface area (Å²) in [5.41, 5.74) is 4.34. The molecule has 0 fully saturated rings. The summed E-state index contributed by atoms with van der Waals surface area (Å²) >= 11 is 0. The molecule has 0 N–H and O–H groups in total. The second-order valence-corrected chi connectivity index (χ2v) is 5.07. The summed E-state index contributed by atoms with van der Waals surface area (Å²) in [5, 5.41) is 0. The number of hydrogen-bond donors (Lipinski definition) is 0. The number of benzene rings is 1. The quantitative estimate of drug-likeness (QED) is 0.855. The van der Waals surface area contributed by atoms with Crippen LogP contribution in [-0.4, -0.2) is 40.3 Å². The van der Waals surface area contributed by atoms with Gasteiger partial charge in [0, 0.05) is 46.0 Å². The molecule has 4 heteroatoms.